The van der Waals surface area contributed by atoms with Crippen molar-refractivity contribution in [3.63, 3.8) is 0 Å². The van der Waals surface area contributed by atoms with E-state index in [1.807, 2.05) is 31.2 Å². The van der Waals surface area contributed by atoms with Crippen LogP contribution < -0.4 is 5.32 Å². The molecule has 6 heteroatoms. The summed E-state index contributed by atoms with van der Waals surface area (Å²) in [6.07, 6.45) is 3.98. The van der Waals surface area contributed by atoms with Gasteiger partial charge in [-0.2, -0.15) is 0 Å². The fourth-order valence-corrected chi connectivity index (χ4v) is 3.55. The zero-order valence-electron chi connectivity index (χ0n) is 16.4. The third-order valence-corrected chi connectivity index (χ3v) is 5.49. The summed E-state index contributed by atoms with van der Waals surface area (Å²) in [6, 6.07) is 7.73. The predicted molar refractivity (Wildman–Crippen MR) is 109 cm³/mol. The second-order valence-corrected chi connectivity index (χ2v) is 9.52. The summed E-state index contributed by atoms with van der Waals surface area (Å²) in [6.45, 7) is 9.06. The normalized spacial score (nSPS) is 14.1. The van der Waals surface area contributed by atoms with E-state index < -0.39 is 0 Å². The van der Waals surface area contributed by atoms with Crippen molar-refractivity contribution in [2.75, 3.05) is 18.4 Å². The highest BCUT2D eigenvalue weighted by Crippen LogP contribution is 2.30. The van der Waals surface area contributed by atoms with Gasteiger partial charge in [0.1, 0.15) is 6.54 Å². The van der Waals surface area contributed by atoms with Crippen molar-refractivity contribution < 1.29 is 9.59 Å². The molecule has 0 radical (unpaired) electrons. The van der Waals surface area contributed by atoms with E-state index in [0.29, 0.717) is 23.2 Å². The van der Waals surface area contributed by atoms with Crippen LogP contribution >= 0.6 is 11.3 Å². The topological polar surface area (TPSA) is 62.3 Å². The smallest absolute Gasteiger partial charge is 0.254 e. The lowest BCUT2D eigenvalue weighted by molar-refractivity contribution is -0.116. The standard InChI is InChI=1S/C21H27N3O2S/c1-14-11-22-20(27-14)23-18(25)13-24(12-15-5-6-15)19(26)16-7-9-17(10-8-16)21(2,3)4/h7-11,15H,5-6,12-13H2,1-4H3,(H,22,23,25). The Labute approximate surface area is 164 Å². The van der Waals surface area contributed by atoms with Crippen LogP contribution in [0.15, 0.2) is 30.5 Å². The average Bonchev–Trinajstić information content (AvgIpc) is 3.33. The Morgan fingerprint density at radius 3 is 2.41 bits per heavy atom. The number of carbonyl (C=O) groups excluding carboxylic acids is 2. The van der Waals surface area contributed by atoms with E-state index in [9.17, 15) is 9.59 Å². The Morgan fingerprint density at radius 2 is 1.89 bits per heavy atom. The second-order valence-electron chi connectivity index (χ2n) is 8.28. The maximum absolute atomic E-state index is 13.0. The molecular formula is C21H27N3O2S. The van der Waals surface area contributed by atoms with Gasteiger partial charge in [-0.05, 0) is 48.8 Å². The molecule has 0 bridgehead atoms. The van der Waals surface area contributed by atoms with Crippen LogP contribution in [-0.4, -0.2) is 34.8 Å². The van der Waals surface area contributed by atoms with Gasteiger partial charge in [-0.15, -0.1) is 11.3 Å². The third kappa shape index (κ3) is 5.39. The molecule has 0 unspecified atom stereocenters. The summed E-state index contributed by atoms with van der Waals surface area (Å²) < 4.78 is 0. The summed E-state index contributed by atoms with van der Waals surface area (Å²) in [4.78, 5) is 32.3. The first-order chi connectivity index (χ1) is 12.7. The van der Waals surface area contributed by atoms with Crippen LogP contribution in [0.25, 0.3) is 0 Å². The first kappa shape index (κ1) is 19.5. The van der Waals surface area contributed by atoms with Crippen LogP contribution in [0.4, 0.5) is 5.13 Å². The monoisotopic (exact) mass is 385 g/mol. The van der Waals surface area contributed by atoms with Crippen molar-refractivity contribution >= 4 is 28.3 Å². The molecule has 0 spiro atoms. The Kier molecular flexibility index (Phi) is 5.65. The molecule has 1 saturated carbocycles. The average molecular weight is 386 g/mol. The number of thiazole rings is 1. The molecule has 2 aromatic rings. The minimum atomic E-state index is -0.204. The van der Waals surface area contributed by atoms with Gasteiger partial charge in [-0.1, -0.05) is 32.9 Å². The van der Waals surface area contributed by atoms with Gasteiger partial charge in [0.15, 0.2) is 5.13 Å². The summed E-state index contributed by atoms with van der Waals surface area (Å²) in [5.41, 5.74) is 1.85. The highest BCUT2D eigenvalue weighted by molar-refractivity contribution is 7.15. The molecule has 0 saturated heterocycles. The zero-order chi connectivity index (χ0) is 19.6. The molecule has 0 aliphatic heterocycles. The van der Waals surface area contributed by atoms with Crippen LogP contribution in [0, 0.1) is 12.8 Å². The first-order valence-electron chi connectivity index (χ1n) is 9.34. The van der Waals surface area contributed by atoms with Crippen LogP contribution in [0.3, 0.4) is 0 Å². The molecule has 0 atom stereocenters. The quantitative estimate of drug-likeness (QED) is 0.809. The number of anilines is 1. The molecule has 1 fully saturated rings. The van der Waals surface area contributed by atoms with Crippen molar-refractivity contribution in [1.29, 1.82) is 0 Å². The number of nitrogens with one attached hydrogen (secondary N) is 1. The van der Waals surface area contributed by atoms with Crippen molar-refractivity contribution in [2.24, 2.45) is 5.92 Å². The number of rotatable bonds is 6. The number of aryl methyl sites for hydroxylation is 1. The summed E-state index contributed by atoms with van der Waals surface area (Å²) in [5.74, 6) is 0.218. The largest absolute Gasteiger partial charge is 0.329 e. The number of amides is 2. The molecule has 1 aromatic heterocycles. The van der Waals surface area contributed by atoms with E-state index in [1.165, 1.54) is 16.9 Å². The maximum atomic E-state index is 13.0. The van der Waals surface area contributed by atoms with E-state index in [1.54, 1.807) is 11.1 Å². The lowest BCUT2D eigenvalue weighted by Gasteiger charge is -2.23. The maximum Gasteiger partial charge on any atom is 0.254 e. The second kappa shape index (κ2) is 7.80. The van der Waals surface area contributed by atoms with E-state index in [-0.39, 0.29) is 23.8 Å². The molecule has 1 aliphatic rings. The molecule has 1 aliphatic carbocycles. The van der Waals surface area contributed by atoms with Crippen molar-refractivity contribution in [1.82, 2.24) is 9.88 Å². The molecule has 1 N–H and O–H groups in total. The van der Waals surface area contributed by atoms with E-state index >= 15 is 0 Å². The molecule has 27 heavy (non-hydrogen) atoms. The molecule has 1 aromatic carbocycles. The van der Waals surface area contributed by atoms with Gasteiger partial charge in [0.2, 0.25) is 5.91 Å². The van der Waals surface area contributed by atoms with Crippen molar-refractivity contribution in [3.8, 4) is 0 Å². The van der Waals surface area contributed by atoms with Gasteiger partial charge in [0, 0.05) is 23.2 Å². The predicted octanol–water partition coefficient (Wildman–Crippen LogP) is 4.24. The van der Waals surface area contributed by atoms with Crippen LogP contribution in [0.2, 0.25) is 0 Å². The molecule has 5 nitrogen and oxygen atoms in total. The van der Waals surface area contributed by atoms with Gasteiger partial charge in [0.05, 0.1) is 0 Å². The zero-order valence-corrected chi connectivity index (χ0v) is 17.2. The first-order valence-corrected chi connectivity index (χ1v) is 10.2. The highest BCUT2D eigenvalue weighted by atomic mass is 32.1. The minimum absolute atomic E-state index is 0.0427. The minimum Gasteiger partial charge on any atom is -0.329 e. The van der Waals surface area contributed by atoms with Crippen LogP contribution in [0.1, 0.15) is 54.4 Å². The number of nitrogens with zero attached hydrogens (tertiary/aromatic N) is 2. The Balaban J connectivity index is 1.69. The van der Waals surface area contributed by atoms with E-state index in [0.717, 1.165) is 17.7 Å². The molecular weight excluding hydrogens is 358 g/mol. The third-order valence-electron chi connectivity index (χ3n) is 4.66. The summed E-state index contributed by atoms with van der Waals surface area (Å²) in [7, 11) is 0. The van der Waals surface area contributed by atoms with Crippen molar-refractivity contribution in [2.45, 2.75) is 46.0 Å². The molecule has 1 heterocycles. The lowest BCUT2D eigenvalue weighted by Crippen LogP contribution is -2.39. The van der Waals surface area contributed by atoms with Gasteiger partial charge in [-0.25, -0.2) is 4.98 Å². The summed E-state index contributed by atoms with van der Waals surface area (Å²) >= 11 is 1.43. The van der Waals surface area contributed by atoms with Gasteiger partial charge in [-0.3, -0.25) is 9.59 Å². The number of aromatic nitrogens is 1. The van der Waals surface area contributed by atoms with Crippen LogP contribution in [-0.2, 0) is 10.2 Å². The van der Waals surface area contributed by atoms with Gasteiger partial charge >= 0.3 is 0 Å². The molecule has 3 rings (SSSR count). The SMILES string of the molecule is Cc1cnc(NC(=O)CN(CC2CC2)C(=O)c2ccc(C(C)(C)C)cc2)s1. The van der Waals surface area contributed by atoms with Gasteiger partial charge < -0.3 is 10.2 Å². The number of hydrogen-bond acceptors (Lipinski definition) is 4. The fourth-order valence-electron chi connectivity index (χ4n) is 2.87. The Hall–Kier alpha value is -2.21. The van der Waals surface area contributed by atoms with Crippen LogP contribution in [0.5, 0.6) is 0 Å². The number of benzene rings is 1. The Morgan fingerprint density at radius 1 is 1.22 bits per heavy atom. The van der Waals surface area contributed by atoms with E-state index in [2.05, 4.69) is 31.1 Å². The number of carbonyl (C=O) groups is 2. The van der Waals surface area contributed by atoms with Crippen molar-refractivity contribution in [3.05, 3.63) is 46.5 Å². The van der Waals surface area contributed by atoms with E-state index in [4.69, 9.17) is 0 Å². The highest BCUT2D eigenvalue weighted by Gasteiger charge is 2.29. The Bertz CT molecular complexity index is 817. The van der Waals surface area contributed by atoms with Gasteiger partial charge in [0.25, 0.3) is 5.91 Å². The lowest BCUT2D eigenvalue weighted by atomic mass is 9.86. The molecule has 144 valence electrons. The molecule has 2 amide bonds. The summed E-state index contributed by atoms with van der Waals surface area (Å²) in [5, 5.41) is 3.37. The number of hydrogen-bond donors (Lipinski definition) is 1. The fraction of sp³-hybridized carbons (Fsp3) is 0.476.